The van der Waals surface area contributed by atoms with E-state index in [9.17, 15) is 0 Å². The third-order valence-corrected chi connectivity index (χ3v) is 5.40. The van der Waals surface area contributed by atoms with Crippen LogP contribution in [-0.2, 0) is 0 Å². The van der Waals surface area contributed by atoms with Gasteiger partial charge in [0.25, 0.3) is 0 Å². The molecule has 0 atom stereocenters. The first-order chi connectivity index (χ1) is 16.9. The Hall–Kier alpha value is -4.96. The number of fused-ring (bicyclic) bond motifs is 1. The van der Waals surface area contributed by atoms with Crippen molar-refractivity contribution in [1.82, 2.24) is 0 Å². The van der Waals surface area contributed by atoms with E-state index in [-0.39, 0.29) is 0 Å². The summed E-state index contributed by atoms with van der Waals surface area (Å²) in [5.41, 5.74) is 5.76. The van der Waals surface area contributed by atoms with Crippen LogP contribution in [0.1, 0.15) is 33.4 Å². The highest BCUT2D eigenvalue weighted by molar-refractivity contribution is 5.94. The lowest BCUT2D eigenvalue weighted by Gasteiger charge is -2.06. The van der Waals surface area contributed by atoms with Crippen molar-refractivity contribution in [3.05, 3.63) is 155 Å². The molecule has 0 spiro atoms. The van der Waals surface area contributed by atoms with Crippen LogP contribution >= 0.6 is 0 Å². The molecule has 5 aromatic carbocycles. The summed E-state index contributed by atoms with van der Waals surface area (Å²) in [5.74, 6) is 20.0. The molecule has 0 heterocycles. The van der Waals surface area contributed by atoms with Crippen LogP contribution in [-0.4, -0.2) is 0 Å². The van der Waals surface area contributed by atoms with Crippen LogP contribution in [0.2, 0.25) is 0 Å². The number of rotatable bonds is 0. The summed E-state index contributed by atoms with van der Waals surface area (Å²) >= 11 is 0. The van der Waals surface area contributed by atoms with E-state index in [1.807, 2.05) is 97.1 Å². The SMILES string of the molecule is C(#Cc1ccc2c(C#Cc3ccccc3)cccc2c1C#Cc1ccccc1)c1ccccc1. The van der Waals surface area contributed by atoms with E-state index in [2.05, 4.69) is 59.8 Å². The van der Waals surface area contributed by atoms with Gasteiger partial charge in [0.1, 0.15) is 0 Å². The van der Waals surface area contributed by atoms with Gasteiger partial charge in [0.15, 0.2) is 0 Å². The molecule has 0 radical (unpaired) electrons. The van der Waals surface area contributed by atoms with Crippen molar-refractivity contribution in [3.8, 4) is 35.5 Å². The van der Waals surface area contributed by atoms with Gasteiger partial charge in [-0.25, -0.2) is 0 Å². The molecule has 5 aromatic rings. The molecule has 0 heteroatoms. The highest BCUT2D eigenvalue weighted by Crippen LogP contribution is 2.25. The number of hydrogen-bond donors (Lipinski definition) is 0. The zero-order valence-electron chi connectivity index (χ0n) is 18.5. The minimum atomic E-state index is 0.910. The van der Waals surface area contributed by atoms with Gasteiger partial charge < -0.3 is 0 Å². The Labute approximate surface area is 200 Å². The highest BCUT2D eigenvalue weighted by atomic mass is 14.1. The molecule has 0 aliphatic rings. The Balaban J connectivity index is 1.66. The van der Waals surface area contributed by atoms with Crippen molar-refractivity contribution in [2.75, 3.05) is 0 Å². The van der Waals surface area contributed by atoms with Crippen LogP contribution in [0.5, 0.6) is 0 Å². The Morgan fingerprint density at radius 3 is 1.35 bits per heavy atom. The van der Waals surface area contributed by atoms with Crippen molar-refractivity contribution >= 4 is 10.8 Å². The average Bonchev–Trinajstić information content (AvgIpc) is 2.91. The summed E-state index contributed by atoms with van der Waals surface area (Å²) in [6, 6.07) is 40.5. The average molecular weight is 429 g/mol. The van der Waals surface area contributed by atoms with E-state index in [0.717, 1.165) is 44.2 Å². The molecule has 0 saturated carbocycles. The van der Waals surface area contributed by atoms with Gasteiger partial charge in [0, 0.05) is 33.4 Å². The maximum atomic E-state index is 3.41. The molecule has 0 saturated heterocycles. The van der Waals surface area contributed by atoms with Crippen LogP contribution < -0.4 is 0 Å². The zero-order chi connectivity index (χ0) is 23.0. The van der Waals surface area contributed by atoms with E-state index in [1.54, 1.807) is 0 Å². The number of hydrogen-bond acceptors (Lipinski definition) is 0. The lowest BCUT2D eigenvalue weighted by atomic mass is 9.95. The van der Waals surface area contributed by atoms with Gasteiger partial charge in [0.05, 0.1) is 0 Å². The normalized spacial score (nSPS) is 9.65. The second-order valence-electron chi connectivity index (χ2n) is 7.74. The summed E-state index contributed by atoms with van der Waals surface area (Å²) < 4.78 is 0. The zero-order valence-corrected chi connectivity index (χ0v) is 18.5. The second kappa shape index (κ2) is 10.1. The van der Waals surface area contributed by atoms with Crippen molar-refractivity contribution in [2.24, 2.45) is 0 Å². The summed E-state index contributed by atoms with van der Waals surface area (Å²) in [7, 11) is 0. The van der Waals surface area contributed by atoms with Gasteiger partial charge >= 0.3 is 0 Å². The lowest BCUT2D eigenvalue weighted by Crippen LogP contribution is -1.90. The monoisotopic (exact) mass is 428 g/mol. The largest absolute Gasteiger partial charge is 0.0622 e. The smallest absolute Gasteiger partial charge is 0.0484 e. The van der Waals surface area contributed by atoms with Gasteiger partial charge in [-0.2, -0.15) is 0 Å². The van der Waals surface area contributed by atoms with Crippen LogP contribution in [0.4, 0.5) is 0 Å². The van der Waals surface area contributed by atoms with E-state index in [4.69, 9.17) is 0 Å². The predicted octanol–water partition coefficient (Wildman–Crippen LogP) is 7.04. The Bertz CT molecular complexity index is 1620. The molecule has 5 rings (SSSR count). The lowest BCUT2D eigenvalue weighted by molar-refractivity contribution is 1.60. The first-order valence-corrected chi connectivity index (χ1v) is 11.1. The molecule has 156 valence electrons. The standard InChI is InChI=1S/C34H20/c1-4-11-27(12-5-1)19-22-30-17-10-18-34-32(25-21-29-15-8-3-9-16-29)31(24-26-33(30)34)23-20-28-13-6-2-7-14-28/h1-18,24,26H. The summed E-state index contributed by atoms with van der Waals surface area (Å²) in [6.07, 6.45) is 0. The van der Waals surface area contributed by atoms with Crippen LogP contribution in [0, 0.1) is 35.5 Å². The highest BCUT2D eigenvalue weighted by Gasteiger charge is 2.07. The molecular weight excluding hydrogens is 408 g/mol. The second-order valence-corrected chi connectivity index (χ2v) is 7.74. The van der Waals surface area contributed by atoms with Gasteiger partial charge in [-0.05, 0) is 59.3 Å². The van der Waals surface area contributed by atoms with Gasteiger partial charge in [0.2, 0.25) is 0 Å². The Morgan fingerprint density at radius 2 is 0.794 bits per heavy atom. The van der Waals surface area contributed by atoms with Gasteiger partial charge in [-0.1, -0.05) is 108 Å². The minimum absolute atomic E-state index is 0.910. The maximum Gasteiger partial charge on any atom is 0.0484 e. The molecule has 34 heavy (non-hydrogen) atoms. The molecule has 0 fully saturated rings. The first-order valence-electron chi connectivity index (χ1n) is 11.1. The van der Waals surface area contributed by atoms with E-state index >= 15 is 0 Å². The fourth-order valence-electron chi connectivity index (χ4n) is 3.68. The Kier molecular flexibility index (Phi) is 6.22. The maximum absolute atomic E-state index is 3.41. The molecular formula is C34H20. The van der Waals surface area contributed by atoms with Crippen LogP contribution in [0.25, 0.3) is 10.8 Å². The molecule has 0 nitrogen and oxygen atoms in total. The minimum Gasteiger partial charge on any atom is -0.0622 e. The van der Waals surface area contributed by atoms with Crippen molar-refractivity contribution in [2.45, 2.75) is 0 Å². The number of benzene rings is 5. The van der Waals surface area contributed by atoms with Crippen LogP contribution in [0.3, 0.4) is 0 Å². The third kappa shape index (κ3) is 4.92. The third-order valence-electron chi connectivity index (χ3n) is 5.40. The van der Waals surface area contributed by atoms with Crippen molar-refractivity contribution in [1.29, 1.82) is 0 Å². The molecule has 0 aliphatic carbocycles. The molecule has 0 aromatic heterocycles. The van der Waals surface area contributed by atoms with Crippen molar-refractivity contribution in [3.63, 3.8) is 0 Å². The quantitative estimate of drug-likeness (QED) is 0.232. The molecule has 0 amide bonds. The van der Waals surface area contributed by atoms with Crippen LogP contribution in [0.15, 0.2) is 121 Å². The Morgan fingerprint density at radius 1 is 0.294 bits per heavy atom. The van der Waals surface area contributed by atoms with Gasteiger partial charge in [-0.15, -0.1) is 0 Å². The summed E-state index contributed by atoms with van der Waals surface area (Å²) in [6.45, 7) is 0. The van der Waals surface area contributed by atoms with Crippen molar-refractivity contribution < 1.29 is 0 Å². The van der Waals surface area contributed by atoms with E-state index in [0.29, 0.717) is 0 Å². The topological polar surface area (TPSA) is 0 Å². The molecule has 0 N–H and O–H groups in total. The molecule has 0 bridgehead atoms. The summed E-state index contributed by atoms with van der Waals surface area (Å²) in [5, 5.41) is 2.14. The molecule has 0 aliphatic heterocycles. The predicted molar refractivity (Wildman–Crippen MR) is 141 cm³/mol. The van der Waals surface area contributed by atoms with Gasteiger partial charge in [-0.3, -0.25) is 0 Å². The fourth-order valence-corrected chi connectivity index (χ4v) is 3.68. The van der Waals surface area contributed by atoms with E-state index < -0.39 is 0 Å². The first kappa shape index (κ1) is 20.9. The fraction of sp³-hybridized carbons (Fsp3) is 0. The van der Waals surface area contributed by atoms with E-state index in [1.165, 1.54) is 0 Å². The summed E-state index contributed by atoms with van der Waals surface area (Å²) in [4.78, 5) is 0. The molecule has 0 unspecified atom stereocenters.